The van der Waals surface area contributed by atoms with Gasteiger partial charge in [0.05, 0.1) is 13.5 Å². The minimum atomic E-state index is -0.220. The van der Waals surface area contributed by atoms with E-state index in [2.05, 4.69) is 23.9 Å². The Kier molecular flexibility index (Phi) is 5.48. The van der Waals surface area contributed by atoms with Gasteiger partial charge in [-0.25, -0.2) is 4.39 Å². The van der Waals surface area contributed by atoms with Crippen molar-refractivity contribution in [3.05, 3.63) is 35.1 Å². The number of nitrogens with one attached hydrogen (secondary N) is 1. The lowest BCUT2D eigenvalue weighted by molar-refractivity contribution is -0.140. The number of carbonyl (C=O) groups is 1. The van der Waals surface area contributed by atoms with Gasteiger partial charge in [-0.1, -0.05) is 26.0 Å². The molecule has 106 valence electrons. The number of ether oxygens (including phenoxy) is 1. The molecule has 0 spiro atoms. The van der Waals surface area contributed by atoms with Crippen LogP contribution in [0.25, 0.3) is 0 Å². The second-order valence-electron chi connectivity index (χ2n) is 5.35. The Bertz CT molecular complexity index is 444. The molecule has 1 rings (SSSR count). The van der Waals surface area contributed by atoms with Crippen molar-refractivity contribution in [1.82, 2.24) is 5.32 Å². The minimum Gasteiger partial charge on any atom is -0.469 e. The summed E-state index contributed by atoms with van der Waals surface area (Å²) in [5, 5.41) is 3.23. The van der Waals surface area contributed by atoms with E-state index in [1.54, 1.807) is 6.92 Å². The standard InChI is InChI=1S/C15H22FNO2/c1-11-9-12(5-6-13(11)16)15(2,3)10-17-8-7-14(18)19-4/h5-6,9,17H,7-8,10H2,1-4H3. The van der Waals surface area contributed by atoms with Crippen molar-refractivity contribution in [2.24, 2.45) is 0 Å². The predicted octanol–water partition coefficient (Wildman–Crippen LogP) is 2.56. The average Bonchev–Trinajstić information content (AvgIpc) is 2.37. The van der Waals surface area contributed by atoms with Gasteiger partial charge in [-0.2, -0.15) is 0 Å². The second-order valence-corrected chi connectivity index (χ2v) is 5.35. The van der Waals surface area contributed by atoms with Crippen LogP contribution in [0.3, 0.4) is 0 Å². The summed E-state index contributed by atoms with van der Waals surface area (Å²) in [4.78, 5) is 11.0. The zero-order valence-corrected chi connectivity index (χ0v) is 12.0. The van der Waals surface area contributed by atoms with Crippen molar-refractivity contribution < 1.29 is 13.9 Å². The summed E-state index contributed by atoms with van der Waals surface area (Å²) in [6.45, 7) is 7.24. The summed E-state index contributed by atoms with van der Waals surface area (Å²) >= 11 is 0. The number of esters is 1. The van der Waals surface area contributed by atoms with E-state index < -0.39 is 0 Å². The van der Waals surface area contributed by atoms with Crippen LogP contribution in [0.2, 0.25) is 0 Å². The maximum Gasteiger partial charge on any atom is 0.306 e. The molecule has 0 bridgehead atoms. The predicted molar refractivity (Wildman–Crippen MR) is 73.7 cm³/mol. The van der Waals surface area contributed by atoms with E-state index >= 15 is 0 Å². The molecule has 0 unspecified atom stereocenters. The number of halogens is 1. The van der Waals surface area contributed by atoms with Crippen molar-refractivity contribution in [3.63, 3.8) is 0 Å². The molecule has 0 atom stereocenters. The molecule has 3 nitrogen and oxygen atoms in total. The molecule has 1 N–H and O–H groups in total. The van der Waals surface area contributed by atoms with Crippen molar-refractivity contribution in [1.29, 1.82) is 0 Å². The summed E-state index contributed by atoms with van der Waals surface area (Å²) in [7, 11) is 1.38. The first-order chi connectivity index (χ1) is 8.86. The van der Waals surface area contributed by atoms with Gasteiger partial charge in [0.25, 0.3) is 0 Å². The molecule has 0 aromatic heterocycles. The molecule has 19 heavy (non-hydrogen) atoms. The molecule has 0 amide bonds. The zero-order chi connectivity index (χ0) is 14.5. The molecule has 0 saturated carbocycles. The van der Waals surface area contributed by atoms with Crippen LogP contribution < -0.4 is 5.32 Å². The third-order valence-corrected chi connectivity index (χ3v) is 3.24. The highest BCUT2D eigenvalue weighted by molar-refractivity contribution is 5.69. The number of benzene rings is 1. The number of rotatable bonds is 6. The molecule has 0 aliphatic rings. The minimum absolute atomic E-state index is 0.116. The second kappa shape index (κ2) is 6.66. The Morgan fingerprint density at radius 2 is 2.11 bits per heavy atom. The van der Waals surface area contributed by atoms with Crippen LogP contribution in [0.4, 0.5) is 4.39 Å². The fourth-order valence-corrected chi connectivity index (χ4v) is 1.86. The quantitative estimate of drug-likeness (QED) is 0.636. The zero-order valence-electron chi connectivity index (χ0n) is 12.0. The number of methoxy groups -OCH3 is 1. The number of aryl methyl sites for hydroxylation is 1. The van der Waals surface area contributed by atoms with Gasteiger partial charge in [-0.3, -0.25) is 4.79 Å². The molecule has 0 fully saturated rings. The Morgan fingerprint density at radius 3 is 2.68 bits per heavy atom. The SMILES string of the molecule is COC(=O)CCNCC(C)(C)c1ccc(F)c(C)c1. The Morgan fingerprint density at radius 1 is 1.42 bits per heavy atom. The first kappa shape index (κ1) is 15.6. The van der Waals surface area contributed by atoms with Gasteiger partial charge < -0.3 is 10.1 Å². The molecule has 0 aliphatic heterocycles. The maximum atomic E-state index is 13.3. The topological polar surface area (TPSA) is 38.3 Å². The highest BCUT2D eigenvalue weighted by Gasteiger charge is 2.20. The smallest absolute Gasteiger partial charge is 0.306 e. The summed E-state index contributed by atoms with van der Waals surface area (Å²) in [6, 6.07) is 5.18. The molecule has 1 aromatic rings. The van der Waals surface area contributed by atoms with E-state index in [0.717, 1.165) is 12.1 Å². The van der Waals surface area contributed by atoms with Crippen LogP contribution in [0.1, 0.15) is 31.4 Å². The van der Waals surface area contributed by atoms with Gasteiger partial charge in [-0.05, 0) is 24.1 Å². The highest BCUT2D eigenvalue weighted by atomic mass is 19.1. The molecule has 0 aliphatic carbocycles. The number of hydrogen-bond donors (Lipinski definition) is 1. The molecule has 4 heteroatoms. The third kappa shape index (κ3) is 4.63. The number of hydrogen-bond acceptors (Lipinski definition) is 3. The van der Waals surface area contributed by atoms with E-state index in [9.17, 15) is 9.18 Å². The average molecular weight is 267 g/mol. The van der Waals surface area contributed by atoms with Crippen LogP contribution in [-0.2, 0) is 14.9 Å². The van der Waals surface area contributed by atoms with Crippen molar-refractivity contribution >= 4 is 5.97 Å². The van der Waals surface area contributed by atoms with Gasteiger partial charge in [0.2, 0.25) is 0 Å². The molecular weight excluding hydrogens is 245 g/mol. The largest absolute Gasteiger partial charge is 0.469 e. The first-order valence-corrected chi connectivity index (χ1v) is 6.41. The van der Waals surface area contributed by atoms with E-state index in [-0.39, 0.29) is 17.2 Å². The fraction of sp³-hybridized carbons (Fsp3) is 0.533. The van der Waals surface area contributed by atoms with E-state index in [0.29, 0.717) is 18.5 Å². The van der Waals surface area contributed by atoms with Crippen molar-refractivity contribution in [2.75, 3.05) is 20.2 Å². The summed E-state index contributed by atoms with van der Waals surface area (Å²) in [5.74, 6) is -0.402. The fourth-order valence-electron chi connectivity index (χ4n) is 1.86. The molecule has 1 aromatic carbocycles. The van der Waals surface area contributed by atoms with Crippen molar-refractivity contribution in [2.45, 2.75) is 32.6 Å². The van der Waals surface area contributed by atoms with E-state index in [1.165, 1.54) is 13.2 Å². The van der Waals surface area contributed by atoms with Crippen LogP contribution in [-0.4, -0.2) is 26.2 Å². The van der Waals surface area contributed by atoms with Crippen molar-refractivity contribution in [3.8, 4) is 0 Å². The van der Waals surface area contributed by atoms with Crippen LogP contribution in [0.5, 0.6) is 0 Å². The summed E-state index contributed by atoms with van der Waals surface area (Å²) < 4.78 is 17.8. The monoisotopic (exact) mass is 267 g/mol. The van der Waals surface area contributed by atoms with Gasteiger partial charge in [-0.15, -0.1) is 0 Å². The Labute approximate surface area is 114 Å². The Balaban J connectivity index is 2.55. The van der Waals surface area contributed by atoms with Gasteiger partial charge in [0, 0.05) is 18.5 Å². The van der Waals surface area contributed by atoms with E-state index in [1.807, 2.05) is 12.1 Å². The van der Waals surface area contributed by atoms with Gasteiger partial charge in [0.1, 0.15) is 5.82 Å². The molecule has 0 radical (unpaired) electrons. The van der Waals surface area contributed by atoms with Gasteiger partial charge in [0.15, 0.2) is 0 Å². The molecule has 0 saturated heterocycles. The highest BCUT2D eigenvalue weighted by Crippen LogP contribution is 2.24. The normalized spacial score (nSPS) is 11.4. The van der Waals surface area contributed by atoms with Crippen LogP contribution >= 0.6 is 0 Å². The molecule has 0 heterocycles. The van der Waals surface area contributed by atoms with Crippen LogP contribution in [0, 0.1) is 12.7 Å². The number of carbonyl (C=O) groups excluding carboxylic acids is 1. The lowest BCUT2D eigenvalue weighted by Crippen LogP contribution is -2.34. The maximum absolute atomic E-state index is 13.3. The first-order valence-electron chi connectivity index (χ1n) is 6.41. The molecular formula is C15H22FNO2. The lowest BCUT2D eigenvalue weighted by Gasteiger charge is -2.26. The Hall–Kier alpha value is -1.42. The summed E-state index contributed by atoms with van der Waals surface area (Å²) in [6.07, 6.45) is 0.356. The summed E-state index contributed by atoms with van der Waals surface area (Å²) in [5.41, 5.74) is 1.62. The van der Waals surface area contributed by atoms with Gasteiger partial charge >= 0.3 is 5.97 Å². The third-order valence-electron chi connectivity index (χ3n) is 3.24. The van der Waals surface area contributed by atoms with E-state index in [4.69, 9.17) is 0 Å². The van der Waals surface area contributed by atoms with Crippen LogP contribution in [0.15, 0.2) is 18.2 Å². The lowest BCUT2D eigenvalue weighted by atomic mass is 9.84.